The summed E-state index contributed by atoms with van der Waals surface area (Å²) < 4.78 is 6.62. The van der Waals surface area contributed by atoms with Gasteiger partial charge >= 0.3 is 0 Å². The van der Waals surface area contributed by atoms with E-state index < -0.39 is 0 Å². The lowest BCUT2D eigenvalue weighted by atomic mass is 9.78. The topological polar surface area (TPSA) is 9.23 Å². The predicted molar refractivity (Wildman–Crippen MR) is 119 cm³/mol. The molecule has 152 valence electrons. The van der Waals surface area contributed by atoms with Crippen LogP contribution in [0.2, 0.25) is 0 Å². The number of rotatable bonds is 8. The molecule has 0 amide bonds. The highest BCUT2D eigenvalue weighted by molar-refractivity contribution is 5.16. The van der Waals surface area contributed by atoms with Gasteiger partial charge in [-0.1, -0.05) is 75.3 Å². The highest BCUT2D eigenvalue weighted by Crippen LogP contribution is 2.37. The van der Waals surface area contributed by atoms with Crippen LogP contribution in [0.15, 0.2) is 47.6 Å². The van der Waals surface area contributed by atoms with Crippen molar-refractivity contribution < 1.29 is 4.74 Å². The minimum absolute atomic E-state index is 0.175. The Bertz CT molecular complexity index is 533. The van der Waals surface area contributed by atoms with E-state index in [0.717, 1.165) is 12.8 Å². The van der Waals surface area contributed by atoms with Crippen LogP contribution in [0.1, 0.15) is 92.9 Å². The molecule has 0 aromatic heterocycles. The van der Waals surface area contributed by atoms with E-state index in [0.29, 0.717) is 10.8 Å². The molecule has 1 nitrogen and oxygen atoms in total. The second kappa shape index (κ2) is 9.92. The van der Waals surface area contributed by atoms with E-state index in [1.54, 1.807) is 11.1 Å². The molecule has 0 saturated heterocycles. The average Bonchev–Trinajstić information content (AvgIpc) is 2.53. The van der Waals surface area contributed by atoms with Crippen molar-refractivity contribution in [3.05, 3.63) is 47.6 Å². The number of hydrogen-bond acceptors (Lipinski definition) is 1. The van der Waals surface area contributed by atoms with Crippen LogP contribution in [0.25, 0.3) is 0 Å². The number of allylic oxidation sites excluding steroid dienone is 4. The summed E-state index contributed by atoms with van der Waals surface area (Å²) in [5.41, 5.74) is 3.84. The first-order valence-electron chi connectivity index (χ1n) is 11.1. The molecule has 0 bridgehead atoms. The molecule has 0 spiro atoms. The Labute approximate surface area is 168 Å². The fourth-order valence-electron chi connectivity index (χ4n) is 4.75. The Kier molecular flexibility index (Phi) is 8.16. The summed E-state index contributed by atoms with van der Waals surface area (Å²) in [4.78, 5) is 0. The highest BCUT2D eigenvalue weighted by atomic mass is 16.5. The largest absolute Gasteiger partial charge is 0.366 e. The van der Waals surface area contributed by atoms with Gasteiger partial charge in [0, 0.05) is 0 Å². The third kappa shape index (κ3) is 7.82. The molecule has 2 aliphatic carbocycles. The summed E-state index contributed by atoms with van der Waals surface area (Å²) in [5, 5.41) is 0. The van der Waals surface area contributed by atoms with E-state index in [1.807, 2.05) is 0 Å². The van der Waals surface area contributed by atoms with Gasteiger partial charge in [0.1, 0.15) is 0 Å². The highest BCUT2D eigenvalue weighted by Gasteiger charge is 2.24. The Balaban J connectivity index is 2.06. The first kappa shape index (κ1) is 22.2. The van der Waals surface area contributed by atoms with E-state index in [2.05, 4.69) is 78.0 Å². The van der Waals surface area contributed by atoms with Gasteiger partial charge in [0.25, 0.3) is 0 Å². The van der Waals surface area contributed by atoms with Gasteiger partial charge in [-0.3, -0.25) is 0 Å². The molecule has 0 fully saturated rings. The molecule has 2 unspecified atom stereocenters. The first-order chi connectivity index (χ1) is 12.7. The van der Waals surface area contributed by atoms with Crippen LogP contribution < -0.4 is 0 Å². The SMILES string of the molecule is C/C=C/C(CC1=CC(C)(C)CCC1)OC(/C=C/C)CC1=CC(C)(C)CCC1. The zero-order valence-electron chi connectivity index (χ0n) is 18.7. The van der Waals surface area contributed by atoms with Crippen molar-refractivity contribution in [1.29, 1.82) is 0 Å². The lowest BCUT2D eigenvalue weighted by molar-refractivity contribution is 0.0402. The van der Waals surface area contributed by atoms with Crippen LogP contribution in [0.5, 0.6) is 0 Å². The van der Waals surface area contributed by atoms with Crippen molar-refractivity contribution in [3.63, 3.8) is 0 Å². The van der Waals surface area contributed by atoms with Crippen LogP contribution in [0.4, 0.5) is 0 Å². The van der Waals surface area contributed by atoms with Crippen molar-refractivity contribution in [2.24, 2.45) is 10.8 Å². The van der Waals surface area contributed by atoms with E-state index in [1.165, 1.54) is 38.5 Å². The van der Waals surface area contributed by atoms with Gasteiger partial charge in [-0.05, 0) is 76.0 Å². The van der Waals surface area contributed by atoms with Crippen molar-refractivity contribution in [2.45, 2.75) is 105 Å². The molecule has 0 radical (unpaired) electrons. The number of ether oxygens (including phenoxy) is 1. The Hall–Kier alpha value is -1.08. The van der Waals surface area contributed by atoms with Crippen molar-refractivity contribution in [1.82, 2.24) is 0 Å². The lowest BCUT2D eigenvalue weighted by Crippen LogP contribution is -2.23. The van der Waals surface area contributed by atoms with Gasteiger partial charge in [-0.2, -0.15) is 0 Å². The maximum Gasteiger partial charge on any atom is 0.0801 e. The quantitative estimate of drug-likeness (QED) is 0.394. The Morgan fingerprint density at radius 1 is 0.815 bits per heavy atom. The first-order valence-corrected chi connectivity index (χ1v) is 11.1. The van der Waals surface area contributed by atoms with Crippen molar-refractivity contribution >= 4 is 0 Å². The zero-order valence-corrected chi connectivity index (χ0v) is 18.7. The summed E-state index contributed by atoms with van der Waals surface area (Å²) in [6.07, 6.45) is 23.9. The summed E-state index contributed by atoms with van der Waals surface area (Å²) in [7, 11) is 0. The molecule has 0 saturated carbocycles. The monoisotopic (exact) mass is 370 g/mol. The van der Waals surface area contributed by atoms with Gasteiger partial charge in [0.05, 0.1) is 12.2 Å². The van der Waals surface area contributed by atoms with E-state index in [-0.39, 0.29) is 12.2 Å². The smallest absolute Gasteiger partial charge is 0.0801 e. The average molecular weight is 371 g/mol. The van der Waals surface area contributed by atoms with Gasteiger partial charge in [0.15, 0.2) is 0 Å². The Morgan fingerprint density at radius 2 is 1.22 bits per heavy atom. The molecule has 0 aromatic carbocycles. The van der Waals surface area contributed by atoms with E-state index >= 15 is 0 Å². The molecule has 0 aromatic rings. The van der Waals surface area contributed by atoms with Crippen LogP contribution in [0.3, 0.4) is 0 Å². The molecule has 0 aliphatic heterocycles. The van der Waals surface area contributed by atoms with Gasteiger partial charge < -0.3 is 4.74 Å². The van der Waals surface area contributed by atoms with Gasteiger partial charge in [-0.25, -0.2) is 0 Å². The summed E-state index contributed by atoms with van der Waals surface area (Å²) in [5.74, 6) is 0. The fraction of sp³-hybridized carbons (Fsp3) is 0.692. The van der Waals surface area contributed by atoms with Crippen LogP contribution in [-0.4, -0.2) is 12.2 Å². The van der Waals surface area contributed by atoms with E-state index in [9.17, 15) is 0 Å². The molecule has 27 heavy (non-hydrogen) atoms. The maximum atomic E-state index is 6.62. The third-order valence-corrected chi connectivity index (χ3v) is 5.92. The summed E-state index contributed by atoms with van der Waals surface area (Å²) in [6, 6.07) is 0. The fourth-order valence-corrected chi connectivity index (χ4v) is 4.75. The third-order valence-electron chi connectivity index (χ3n) is 5.92. The molecule has 1 heteroatoms. The summed E-state index contributed by atoms with van der Waals surface area (Å²) in [6.45, 7) is 13.6. The number of hydrogen-bond donors (Lipinski definition) is 0. The van der Waals surface area contributed by atoms with E-state index in [4.69, 9.17) is 4.74 Å². The second-order valence-corrected chi connectivity index (χ2v) is 9.96. The molecule has 0 N–H and O–H groups in total. The predicted octanol–water partition coefficient (Wildman–Crippen LogP) is 7.95. The van der Waals surface area contributed by atoms with Crippen molar-refractivity contribution in [2.75, 3.05) is 0 Å². The standard InChI is InChI=1S/C26H42O/c1-7-11-23(17-21-13-9-15-25(3,4)19-21)27-24(12-8-2)18-22-14-10-16-26(5,6)20-22/h7-8,11-12,19-20,23-24H,9-10,13-18H2,1-6H3/b11-7+,12-8+. The molecule has 2 atom stereocenters. The second-order valence-electron chi connectivity index (χ2n) is 9.96. The van der Waals surface area contributed by atoms with Gasteiger partial charge in [-0.15, -0.1) is 0 Å². The molecular formula is C26H42O. The minimum atomic E-state index is 0.175. The zero-order chi connectivity index (χ0) is 19.9. The van der Waals surface area contributed by atoms with Crippen LogP contribution >= 0.6 is 0 Å². The minimum Gasteiger partial charge on any atom is -0.366 e. The lowest BCUT2D eigenvalue weighted by Gasteiger charge is -2.31. The van der Waals surface area contributed by atoms with Gasteiger partial charge in [0.2, 0.25) is 0 Å². The molecule has 2 rings (SSSR count). The normalized spacial score (nSPS) is 24.7. The molecule has 2 aliphatic rings. The van der Waals surface area contributed by atoms with Crippen LogP contribution in [-0.2, 0) is 4.74 Å². The van der Waals surface area contributed by atoms with Crippen molar-refractivity contribution in [3.8, 4) is 0 Å². The maximum absolute atomic E-state index is 6.62. The summed E-state index contributed by atoms with van der Waals surface area (Å²) >= 11 is 0. The molecule has 0 heterocycles. The molecular weight excluding hydrogens is 328 g/mol. The Morgan fingerprint density at radius 3 is 1.56 bits per heavy atom. The van der Waals surface area contributed by atoms with Crippen LogP contribution in [0, 0.1) is 10.8 Å².